The van der Waals surface area contributed by atoms with Crippen LogP contribution in [0.4, 0.5) is 4.79 Å². The zero-order chi connectivity index (χ0) is 21.4. The third-order valence-electron chi connectivity index (χ3n) is 3.78. The molecule has 0 aromatic heterocycles. The Morgan fingerprint density at radius 2 is 1.64 bits per heavy atom. The summed E-state index contributed by atoms with van der Waals surface area (Å²) in [5, 5.41) is 9.36. The molecule has 2 unspecified atom stereocenters. The molecule has 0 fully saturated rings. The Labute approximate surface area is 161 Å². The first-order valence-corrected chi connectivity index (χ1v) is 8.26. The van der Waals surface area contributed by atoms with Crippen molar-refractivity contribution in [2.45, 2.75) is 32.7 Å². The number of hydrogen-bond donors (Lipinski definition) is 2. The molecule has 3 atom stereocenters. The highest BCUT2D eigenvalue weighted by Crippen LogP contribution is 2.35. The van der Waals surface area contributed by atoms with Gasteiger partial charge in [-0.25, -0.2) is 4.79 Å². The smallest absolute Gasteiger partial charge is 0.480 e. The first-order valence-electron chi connectivity index (χ1n) is 8.26. The molecule has 0 aliphatic rings. The van der Waals surface area contributed by atoms with Crippen molar-refractivity contribution in [1.82, 2.24) is 0 Å². The Hall–Kier alpha value is -3.14. The molecule has 1 rings (SSSR count). The molecule has 10 nitrogen and oxygen atoms in total. The van der Waals surface area contributed by atoms with Crippen molar-refractivity contribution in [3.8, 4) is 11.5 Å². The van der Waals surface area contributed by atoms with Gasteiger partial charge in [0.05, 0.1) is 13.7 Å². The summed E-state index contributed by atoms with van der Waals surface area (Å²) in [4.78, 5) is 45.3. The number of benzene rings is 1. The van der Waals surface area contributed by atoms with Crippen LogP contribution >= 0.6 is 0 Å². The maximum absolute atomic E-state index is 11.5. The SMILES string of the molecule is COC(=O)OCC(C)C(c1ccc(OC(C)=O)c(OC(C)=O)c1)[C@H](N)C(=O)O. The molecular formula is C18H23NO9. The molecule has 0 radical (unpaired) electrons. The third-order valence-corrected chi connectivity index (χ3v) is 3.78. The van der Waals surface area contributed by atoms with Gasteiger partial charge in [-0.05, 0) is 23.6 Å². The molecule has 10 heteroatoms. The first kappa shape index (κ1) is 22.9. The highest BCUT2D eigenvalue weighted by atomic mass is 16.7. The van der Waals surface area contributed by atoms with Gasteiger partial charge in [0.2, 0.25) is 0 Å². The third kappa shape index (κ3) is 6.54. The minimum Gasteiger partial charge on any atom is -0.480 e. The van der Waals surface area contributed by atoms with E-state index in [2.05, 4.69) is 4.74 Å². The Kier molecular flexibility index (Phi) is 8.39. The summed E-state index contributed by atoms with van der Waals surface area (Å²) in [6.45, 7) is 3.83. The lowest BCUT2D eigenvalue weighted by molar-refractivity contribution is -0.139. The number of methoxy groups -OCH3 is 1. The second-order valence-corrected chi connectivity index (χ2v) is 6.03. The topological polar surface area (TPSA) is 151 Å². The molecule has 0 aliphatic carbocycles. The number of carboxylic acids is 1. The van der Waals surface area contributed by atoms with E-state index in [1.165, 1.54) is 25.1 Å². The van der Waals surface area contributed by atoms with E-state index in [9.17, 15) is 24.3 Å². The van der Waals surface area contributed by atoms with Crippen LogP contribution in [0, 0.1) is 5.92 Å². The van der Waals surface area contributed by atoms with Crippen LogP contribution < -0.4 is 15.2 Å². The lowest BCUT2D eigenvalue weighted by atomic mass is 9.82. The molecule has 154 valence electrons. The fraction of sp³-hybridized carbons (Fsp3) is 0.444. The Morgan fingerprint density at radius 3 is 2.14 bits per heavy atom. The molecule has 0 saturated carbocycles. The normalized spacial score (nSPS) is 13.6. The molecule has 1 aromatic rings. The second kappa shape index (κ2) is 10.3. The van der Waals surface area contributed by atoms with Crippen LogP contribution in [-0.2, 0) is 23.9 Å². The molecule has 28 heavy (non-hydrogen) atoms. The molecule has 0 heterocycles. The molecule has 0 saturated heterocycles. The number of aliphatic carboxylic acids is 1. The van der Waals surface area contributed by atoms with E-state index in [0.717, 1.165) is 14.0 Å². The highest BCUT2D eigenvalue weighted by Gasteiger charge is 2.32. The maximum atomic E-state index is 11.5. The zero-order valence-electron chi connectivity index (χ0n) is 16.0. The summed E-state index contributed by atoms with van der Waals surface area (Å²) in [5.41, 5.74) is 6.23. The van der Waals surface area contributed by atoms with E-state index in [-0.39, 0.29) is 18.1 Å². The standard InChI is InChI=1S/C18H23NO9/c1-9(8-26-18(24)25-4)15(16(19)17(22)23)12-5-6-13(27-10(2)20)14(7-12)28-11(3)21/h5-7,9,15-16H,8,19H2,1-4H3,(H,22,23)/t9?,15?,16-/m0/s1. The fourth-order valence-electron chi connectivity index (χ4n) is 2.61. The predicted molar refractivity (Wildman–Crippen MR) is 94.9 cm³/mol. The van der Waals surface area contributed by atoms with Gasteiger partial charge in [0.1, 0.15) is 6.04 Å². The van der Waals surface area contributed by atoms with E-state index in [1.807, 2.05) is 0 Å². The number of nitrogens with two attached hydrogens (primary N) is 1. The fourth-order valence-corrected chi connectivity index (χ4v) is 2.61. The second-order valence-electron chi connectivity index (χ2n) is 6.03. The van der Waals surface area contributed by atoms with E-state index in [4.69, 9.17) is 19.9 Å². The van der Waals surface area contributed by atoms with E-state index in [0.29, 0.717) is 5.56 Å². The lowest BCUT2D eigenvalue weighted by Crippen LogP contribution is -2.40. The molecular weight excluding hydrogens is 374 g/mol. The molecule has 0 aliphatic heterocycles. The Morgan fingerprint density at radius 1 is 1.07 bits per heavy atom. The number of carboxylic acid groups (broad SMARTS) is 1. The summed E-state index contributed by atoms with van der Waals surface area (Å²) in [6, 6.07) is 2.88. The minimum absolute atomic E-state index is 0.00689. The average molecular weight is 397 g/mol. The van der Waals surface area contributed by atoms with Crippen LogP contribution in [0.1, 0.15) is 32.3 Å². The molecule has 0 amide bonds. The van der Waals surface area contributed by atoms with Crippen molar-refractivity contribution < 1.29 is 43.2 Å². The minimum atomic E-state index is -1.35. The van der Waals surface area contributed by atoms with Crippen molar-refractivity contribution in [2.24, 2.45) is 11.7 Å². The quantitative estimate of drug-likeness (QED) is 0.487. The number of carbonyl (C=O) groups is 4. The summed E-state index contributed by atoms with van der Waals surface area (Å²) in [5.74, 6) is -3.98. The number of hydrogen-bond acceptors (Lipinski definition) is 9. The van der Waals surface area contributed by atoms with Gasteiger partial charge in [0.15, 0.2) is 11.5 Å². The predicted octanol–water partition coefficient (Wildman–Crippen LogP) is 1.45. The van der Waals surface area contributed by atoms with Crippen LogP contribution in [0.5, 0.6) is 11.5 Å². The van der Waals surface area contributed by atoms with Gasteiger partial charge in [0, 0.05) is 19.8 Å². The van der Waals surface area contributed by atoms with Gasteiger partial charge in [-0.3, -0.25) is 14.4 Å². The first-order chi connectivity index (χ1) is 13.1. The van der Waals surface area contributed by atoms with E-state index < -0.39 is 41.9 Å². The van der Waals surface area contributed by atoms with E-state index in [1.54, 1.807) is 6.92 Å². The van der Waals surface area contributed by atoms with Crippen molar-refractivity contribution in [3.05, 3.63) is 23.8 Å². The summed E-state index contributed by atoms with van der Waals surface area (Å²) < 4.78 is 19.3. The monoisotopic (exact) mass is 397 g/mol. The summed E-state index contributed by atoms with van der Waals surface area (Å²) >= 11 is 0. The molecule has 0 bridgehead atoms. The van der Waals surface area contributed by atoms with Gasteiger partial charge in [0.25, 0.3) is 0 Å². The van der Waals surface area contributed by atoms with Crippen LogP contribution in [-0.4, -0.2) is 48.9 Å². The highest BCUT2D eigenvalue weighted by molar-refractivity contribution is 5.76. The van der Waals surface area contributed by atoms with Crippen LogP contribution in [0.2, 0.25) is 0 Å². The summed E-state index contributed by atoms with van der Waals surface area (Å²) in [6.07, 6.45) is -0.916. The van der Waals surface area contributed by atoms with Gasteiger partial charge >= 0.3 is 24.1 Å². The van der Waals surface area contributed by atoms with Crippen molar-refractivity contribution in [2.75, 3.05) is 13.7 Å². The largest absolute Gasteiger partial charge is 0.507 e. The van der Waals surface area contributed by atoms with Crippen LogP contribution in [0.3, 0.4) is 0 Å². The van der Waals surface area contributed by atoms with Gasteiger partial charge in [-0.1, -0.05) is 13.0 Å². The number of carbonyl (C=O) groups excluding carboxylic acids is 3. The summed E-state index contributed by atoms with van der Waals surface area (Å²) in [7, 11) is 1.15. The van der Waals surface area contributed by atoms with Crippen molar-refractivity contribution in [3.63, 3.8) is 0 Å². The zero-order valence-corrected chi connectivity index (χ0v) is 16.0. The number of rotatable bonds is 8. The number of esters is 2. The average Bonchev–Trinajstić information content (AvgIpc) is 2.60. The molecule has 3 N–H and O–H groups in total. The van der Waals surface area contributed by atoms with Gasteiger partial charge < -0.3 is 29.8 Å². The van der Waals surface area contributed by atoms with Gasteiger partial charge in [-0.2, -0.15) is 0 Å². The van der Waals surface area contributed by atoms with E-state index >= 15 is 0 Å². The lowest BCUT2D eigenvalue weighted by Gasteiger charge is -2.27. The van der Waals surface area contributed by atoms with Crippen molar-refractivity contribution >= 4 is 24.1 Å². The van der Waals surface area contributed by atoms with Gasteiger partial charge in [-0.15, -0.1) is 0 Å². The van der Waals surface area contributed by atoms with Crippen molar-refractivity contribution in [1.29, 1.82) is 0 Å². The molecule has 0 spiro atoms. The number of ether oxygens (including phenoxy) is 4. The van der Waals surface area contributed by atoms with Crippen LogP contribution in [0.25, 0.3) is 0 Å². The van der Waals surface area contributed by atoms with Crippen LogP contribution in [0.15, 0.2) is 18.2 Å². The molecule has 1 aromatic carbocycles. The Balaban J connectivity index is 3.30. The Bertz CT molecular complexity index is 747. The maximum Gasteiger partial charge on any atom is 0.507 e.